The maximum Gasteiger partial charge on any atom is 0.338 e. The van der Waals surface area contributed by atoms with Gasteiger partial charge in [0.2, 0.25) is 0 Å². The lowest BCUT2D eigenvalue weighted by atomic mass is 10.2. The molecule has 0 atom stereocenters. The first-order valence-corrected chi connectivity index (χ1v) is 9.99. The van der Waals surface area contributed by atoms with Crippen LogP contribution in [-0.2, 0) is 14.8 Å². The van der Waals surface area contributed by atoms with E-state index >= 15 is 0 Å². The van der Waals surface area contributed by atoms with Gasteiger partial charge >= 0.3 is 5.97 Å². The molecule has 0 saturated heterocycles. The molecule has 0 aliphatic heterocycles. The number of anilines is 1. The fourth-order valence-electron chi connectivity index (χ4n) is 2.31. The van der Waals surface area contributed by atoms with Crippen LogP contribution in [0.2, 0.25) is 5.02 Å². The summed E-state index contributed by atoms with van der Waals surface area (Å²) >= 11 is 6.10. The molecule has 0 aliphatic carbocycles. The zero-order valence-corrected chi connectivity index (χ0v) is 17.0. The highest BCUT2D eigenvalue weighted by Crippen LogP contribution is 2.28. The second kappa shape index (κ2) is 8.94. The second-order valence-corrected chi connectivity index (χ2v) is 7.55. The fourth-order valence-corrected chi connectivity index (χ4v) is 3.70. The van der Waals surface area contributed by atoms with E-state index in [1.54, 1.807) is 6.92 Å². The number of amides is 1. The molecule has 2 rings (SSSR count). The number of benzene rings is 2. The van der Waals surface area contributed by atoms with Crippen LogP contribution in [0.1, 0.15) is 27.6 Å². The quantitative estimate of drug-likeness (QED) is 0.658. The minimum absolute atomic E-state index is 0.0224. The maximum atomic E-state index is 12.7. The van der Waals surface area contributed by atoms with Crippen LogP contribution in [0.15, 0.2) is 41.3 Å². The first-order chi connectivity index (χ1) is 13.2. The number of carbonyl (C=O) groups is 2. The number of sulfonamides is 1. The summed E-state index contributed by atoms with van der Waals surface area (Å²) in [7, 11) is -1.26. The van der Waals surface area contributed by atoms with Gasteiger partial charge in [0, 0.05) is 7.05 Å². The monoisotopic (exact) mass is 426 g/mol. The summed E-state index contributed by atoms with van der Waals surface area (Å²) in [6.45, 7) is 1.87. The van der Waals surface area contributed by atoms with Crippen LogP contribution in [0.4, 0.5) is 5.69 Å². The van der Waals surface area contributed by atoms with E-state index in [0.29, 0.717) is 0 Å². The molecule has 10 heteroatoms. The molecule has 0 bridgehead atoms. The molecule has 0 radical (unpaired) electrons. The molecule has 0 saturated carbocycles. The first kappa shape index (κ1) is 21.5. The lowest BCUT2D eigenvalue weighted by molar-refractivity contribution is 0.0526. The van der Waals surface area contributed by atoms with Gasteiger partial charge in [-0.15, -0.1) is 0 Å². The van der Waals surface area contributed by atoms with Gasteiger partial charge in [-0.1, -0.05) is 11.6 Å². The molecule has 0 spiro atoms. The minimum Gasteiger partial charge on any atom is -0.496 e. The third-order valence-corrected chi connectivity index (χ3v) is 5.35. The van der Waals surface area contributed by atoms with E-state index < -0.39 is 21.9 Å². The van der Waals surface area contributed by atoms with Gasteiger partial charge in [0.25, 0.3) is 15.9 Å². The normalized spacial score (nSPS) is 10.9. The van der Waals surface area contributed by atoms with Crippen molar-refractivity contribution in [3.63, 3.8) is 0 Å². The average Bonchev–Trinajstić information content (AvgIpc) is 2.68. The SMILES string of the molecule is CCOC(=O)c1ccc(NS(=O)(=O)c2ccc(OC)c(C(=O)NC)c2)c(Cl)c1. The van der Waals surface area contributed by atoms with E-state index in [1.807, 2.05) is 0 Å². The van der Waals surface area contributed by atoms with Gasteiger partial charge in [-0.2, -0.15) is 0 Å². The van der Waals surface area contributed by atoms with Crippen molar-refractivity contribution < 1.29 is 27.5 Å². The van der Waals surface area contributed by atoms with Crippen LogP contribution in [0.25, 0.3) is 0 Å². The van der Waals surface area contributed by atoms with Crippen molar-refractivity contribution in [2.24, 2.45) is 0 Å². The van der Waals surface area contributed by atoms with Gasteiger partial charge < -0.3 is 14.8 Å². The van der Waals surface area contributed by atoms with Crippen LogP contribution >= 0.6 is 11.6 Å². The second-order valence-electron chi connectivity index (χ2n) is 5.46. The zero-order valence-electron chi connectivity index (χ0n) is 15.4. The summed E-state index contributed by atoms with van der Waals surface area (Å²) in [6.07, 6.45) is 0. The summed E-state index contributed by atoms with van der Waals surface area (Å²) in [5, 5.41) is 2.44. The van der Waals surface area contributed by atoms with E-state index in [0.717, 1.165) is 0 Å². The van der Waals surface area contributed by atoms with Crippen molar-refractivity contribution in [1.82, 2.24) is 5.32 Å². The van der Waals surface area contributed by atoms with Crippen LogP contribution < -0.4 is 14.8 Å². The number of rotatable bonds is 7. The van der Waals surface area contributed by atoms with Gasteiger partial charge in [-0.05, 0) is 43.3 Å². The predicted molar refractivity (Wildman–Crippen MR) is 105 cm³/mol. The Balaban J connectivity index is 2.36. The molecular weight excluding hydrogens is 408 g/mol. The molecule has 2 aromatic rings. The third kappa shape index (κ3) is 4.73. The molecule has 2 aromatic carbocycles. The molecular formula is C18H19ClN2O6S. The Morgan fingerprint density at radius 2 is 1.86 bits per heavy atom. The largest absolute Gasteiger partial charge is 0.496 e. The Morgan fingerprint density at radius 1 is 1.14 bits per heavy atom. The number of carbonyl (C=O) groups excluding carboxylic acids is 2. The standard InChI is InChI=1S/C18H19ClN2O6S/c1-4-27-18(23)11-5-7-15(14(19)9-11)21-28(24,25)12-6-8-16(26-3)13(10-12)17(22)20-2/h5-10,21H,4H2,1-3H3,(H,20,22). The molecule has 150 valence electrons. The van der Waals surface area contributed by atoms with E-state index in [2.05, 4.69) is 10.0 Å². The fraction of sp³-hybridized carbons (Fsp3) is 0.222. The van der Waals surface area contributed by atoms with E-state index in [1.165, 1.54) is 50.6 Å². The maximum absolute atomic E-state index is 12.7. The number of ether oxygens (including phenoxy) is 2. The molecule has 0 aromatic heterocycles. The Kier molecular flexibility index (Phi) is 6.87. The topological polar surface area (TPSA) is 111 Å². The van der Waals surface area contributed by atoms with Crippen molar-refractivity contribution in [3.8, 4) is 5.75 Å². The summed E-state index contributed by atoms with van der Waals surface area (Å²) in [6, 6.07) is 7.93. The lowest BCUT2D eigenvalue weighted by Crippen LogP contribution is -2.20. The Labute approximate surface area is 167 Å². The first-order valence-electron chi connectivity index (χ1n) is 8.13. The molecule has 1 amide bonds. The number of hydrogen-bond acceptors (Lipinski definition) is 6. The summed E-state index contributed by atoms with van der Waals surface area (Å²) in [5.41, 5.74) is 0.338. The van der Waals surface area contributed by atoms with Crippen molar-refractivity contribution in [2.75, 3.05) is 25.5 Å². The van der Waals surface area contributed by atoms with Gasteiger partial charge in [-0.25, -0.2) is 13.2 Å². The van der Waals surface area contributed by atoms with Crippen molar-refractivity contribution in [1.29, 1.82) is 0 Å². The molecule has 0 unspecified atom stereocenters. The van der Waals surface area contributed by atoms with Crippen molar-refractivity contribution >= 4 is 39.2 Å². The van der Waals surface area contributed by atoms with Gasteiger partial charge in [-0.3, -0.25) is 9.52 Å². The number of nitrogens with one attached hydrogen (secondary N) is 2. The minimum atomic E-state index is -4.05. The summed E-state index contributed by atoms with van der Waals surface area (Å²) in [5.74, 6) is -0.829. The van der Waals surface area contributed by atoms with Gasteiger partial charge in [0.05, 0.1) is 40.4 Å². The molecule has 8 nitrogen and oxygen atoms in total. The molecule has 0 heterocycles. The van der Waals surface area contributed by atoms with E-state index in [4.69, 9.17) is 21.1 Å². The van der Waals surface area contributed by atoms with Gasteiger partial charge in [0.15, 0.2) is 0 Å². The predicted octanol–water partition coefficient (Wildman–Crippen LogP) is 2.69. The van der Waals surface area contributed by atoms with Gasteiger partial charge in [0.1, 0.15) is 5.75 Å². The molecule has 28 heavy (non-hydrogen) atoms. The number of hydrogen-bond donors (Lipinski definition) is 2. The zero-order chi connectivity index (χ0) is 20.9. The summed E-state index contributed by atoms with van der Waals surface area (Å²) < 4.78 is 37.7. The highest BCUT2D eigenvalue weighted by Gasteiger charge is 2.21. The Morgan fingerprint density at radius 3 is 2.43 bits per heavy atom. The Hall–Kier alpha value is -2.78. The number of halogens is 1. The lowest BCUT2D eigenvalue weighted by Gasteiger charge is -2.13. The van der Waals surface area contributed by atoms with Crippen molar-refractivity contribution in [2.45, 2.75) is 11.8 Å². The van der Waals surface area contributed by atoms with Crippen LogP contribution in [0.5, 0.6) is 5.75 Å². The summed E-state index contributed by atoms with van der Waals surface area (Å²) in [4.78, 5) is 23.5. The third-order valence-electron chi connectivity index (χ3n) is 3.68. The number of esters is 1. The highest BCUT2D eigenvalue weighted by molar-refractivity contribution is 7.92. The molecule has 0 aliphatic rings. The van der Waals surface area contributed by atoms with Crippen LogP contribution in [0, 0.1) is 0 Å². The van der Waals surface area contributed by atoms with Crippen molar-refractivity contribution in [3.05, 3.63) is 52.5 Å². The van der Waals surface area contributed by atoms with Crippen LogP contribution in [-0.4, -0.2) is 41.1 Å². The number of methoxy groups -OCH3 is 1. The smallest absolute Gasteiger partial charge is 0.338 e. The Bertz CT molecular complexity index is 1010. The van der Waals surface area contributed by atoms with E-state index in [9.17, 15) is 18.0 Å². The van der Waals surface area contributed by atoms with Crippen LogP contribution in [0.3, 0.4) is 0 Å². The average molecular weight is 427 g/mol. The molecule has 0 fully saturated rings. The molecule has 2 N–H and O–H groups in total. The highest BCUT2D eigenvalue weighted by atomic mass is 35.5. The van der Waals surface area contributed by atoms with E-state index in [-0.39, 0.29) is 39.1 Å².